The Morgan fingerprint density at radius 3 is 2.78 bits per heavy atom. The molecule has 7 heteroatoms. The summed E-state index contributed by atoms with van der Waals surface area (Å²) in [6.07, 6.45) is 1.42. The highest BCUT2D eigenvalue weighted by atomic mass is 16.4. The first-order valence-corrected chi connectivity index (χ1v) is 5.68. The maximum atomic E-state index is 11.3. The number of rotatable bonds is 3. The third-order valence-corrected chi connectivity index (χ3v) is 2.94. The topological polar surface area (TPSA) is 95.4 Å². The van der Waals surface area contributed by atoms with Gasteiger partial charge in [0.15, 0.2) is 11.5 Å². The van der Waals surface area contributed by atoms with Crippen LogP contribution >= 0.6 is 0 Å². The SMILES string of the molecule is CNC(=O)c1ccc(N2CCCC2C(=O)O)nn1. The highest BCUT2D eigenvalue weighted by Crippen LogP contribution is 2.23. The second-order valence-electron chi connectivity index (χ2n) is 4.05. The van der Waals surface area contributed by atoms with E-state index in [9.17, 15) is 9.59 Å². The van der Waals surface area contributed by atoms with Crippen LogP contribution in [0.25, 0.3) is 0 Å². The molecular formula is C11H14N4O3. The molecule has 96 valence electrons. The number of aliphatic carboxylic acids is 1. The van der Waals surface area contributed by atoms with Crippen LogP contribution in [-0.4, -0.2) is 46.8 Å². The minimum absolute atomic E-state index is 0.215. The minimum atomic E-state index is -0.857. The maximum Gasteiger partial charge on any atom is 0.326 e. The van der Waals surface area contributed by atoms with Crippen LogP contribution in [0.1, 0.15) is 23.3 Å². The number of carboxylic acids is 1. The molecule has 18 heavy (non-hydrogen) atoms. The number of hydrogen-bond acceptors (Lipinski definition) is 5. The van der Waals surface area contributed by atoms with E-state index in [4.69, 9.17) is 5.11 Å². The summed E-state index contributed by atoms with van der Waals surface area (Å²) >= 11 is 0. The molecule has 2 N–H and O–H groups in total. The van der Waals surface area contributed by atoms with Gasteiger partial charge in [-0.05, 0) is 25.0 Å². The Kier molecular flexibility index (Phi) is 3.40. The second-order valence-corrected chi connectivity index (χ2v) is 4.05. The lowest BCUT2D eigenvalue weighted by molar-refractivity contribution is -0.138. The molecule has 1 aliphatic rings. The molecule has 2 rings (SSSR count). The van der Waals surface area contributed by atoms with Crippen molar-refractivity contribution >= 4 is 17.7 Å². The zero-order chi connectivity index (χ0) is 13.1. The molecular weight excluding hydrogens is 236 g/mol. The van der Waals surface area contributed by atoms with Crippen LogP contribution in [0.3, 0.4) is 0 Å². The van der Waals surface area contributed by atoms with E-state index in [1.54, 1.807) is 17.0 Å². The summed E-state index contributed by atoms with van der Waals surface area (Å²) in [5.41, 5.74) is 0.215. The average Bonchev–Trinajstić information content (AvgIpc) is 2.87. The van der Waals surface area contributed by atoms with E-state index in [0.29, 0.717) is 18.8 Å². The van der Waals surface area contributed by atoms with Crippen LogP contribution in [-0.2, 0) is 4.79 Å². The fraction of sp³-hybridized carbons (Fsp3) is 0.455. The molecule has 0 bridgehead atoms. The number of carboxylic acid groups (broad SMARTS) is 1. The Morgan fingerprint density at radius 1 is 1.44 bits per heavy atom. The van der Waals surface area contributed by atoms with Gasteiger partial charge in [-0.2, -0.15) is 0 Å². The normalized spacial score (nSPS) is 18.7. The summed E-state index contributed by atoms with van der Waals surface area (Å²) in [7, 11) is 1.51. The van der Waals surface area contributed by atoms with Gasteiger partial charge in [0.2, 0.25) is 0 Å². The van der Waals surface area contributed by atoms with Crippen molar-refractivity contribution in [3.8, 4) is 0 Å². The van der Waals surface area contributed by atoms with Crippen molar-refractivity contribution in [2.24, 2.45) is 0 Å². The smallest absolute Gasteiger partial charge is 0.326 e. The Balaban J connectivity index is 2.19. The zero-order valence-electron chi connectivity index (χ0n) is 9.96. The van der Waals surface area contributed by atoms with E-state index in [2.05, 4.69) is 15.5 Å². The number of amides is 1. The van der Waals surface area contributed by atoms with Gasteiger partial charge in [-0.25, -0.2) is 4.79 Å². The first-order chi connectivity index (χ1) is 8.63. The average molecular weight is 250 g/mol. The lowest BCUT2D eigenvalue weighted by Gasteiger charge is -2.21. The van der Waals surface area contributed by atoms with Crippen LogP contribution in [0.4, 0.5) is 5.82 Å². The van der Waals surface area contributed by atoms with Crippen LogP contribution in [0.15, 0.2) is 12.1 Å². The molecule has 1 unspecified atom stereocenters. The van der Waals surface area contributed by atoms with E-state index >= 15 is 0 Å². The van der Waals surface area contributed by atoms with Crippen molar-refractivity contribution in [3.05, 3.63) is 17.8 Å². The molecule has 0 saturated carbocycles. The van der Waals surface area contributed by atoms with Crippen LogP contribution < -0.4 is 10.2 Å². The van der Waals surface area contributed by atoms with Crippen LogP contribution in [0, 0.1) is 0 Å². The van der Waals surface area contributed by atoms with Gasteiger partial charge in [-0.3, -0.25) is 4.79 Å². The van der Waals surface area contributed by atoms with Crippen molar-refractivity contribution < 1.29 is 14.7 Å². The first-order valence-electron chi connectivity index (χ1n) is 5.68. The Morgan fingerprint density at radius 2 is 2.22 bits per heavy atom. The minimum Gasteiger partial charge on any atom is -0.480 e. The van der Waals surface area contributed by atoms with Crippen molar-refractivity contribution in [2.75, 3.05) is 18.5 Å². The highest BCUT2D eigenvalue weighted by Gasteiger charge is 2.31. The summed E-state index contributed by atoms with van der Waals surface area (Å²) in [5.74, 6) is -0.678. The van der Waals surface area contributed by atoms with Crippen LogP contribution in [0.5, 0.6) is 0 Å². The third kappa shape index (κ3) is 2.24. The monoisotopic (exact) mass is 250 g/mol. The summed E-state index contributed by atoms with van der Waals surface area (Å²) in [5, 5.41) is 19.2. The van der Waals surface area contributed by atoms with Crippen LogP contribution in [0.2, 0.25) is 0 Å². The first kappa shape index (κ1) is 12.3. The van der Waals surface area contributed by atoms with Gasteiger partial charge in [-0.15, -0.1) is 10.2 Å². The molecule has 1 atom stereocenters. The molecule has 0 aromatic carbocycles. The summed E-state index contributed by atoms with van der Waals surface area (Å²) in [4.78, 5) is 24.0. The van der Waals surface area contributed by atoms with E-state index in [-0.39, 0.29) is 11.6 Å². The Bertz CT molecular complexity index is 460. The molecule has 1 amide bonds. The number of carbonyl (C=O) groups excluding carboxylic acids is 1. The zero-order valence-corrected chi connectivity index (χ0v) is 9.96. The maximum absolute atomic E-state index is 11.3. The number of nitrogens with one attached hydrogen (secondary N) is 1. The quantitative estimate of drug-likeness (QED) is 0.777. The van der Waals surface area contributed by atoms with Gasteiger partial charge in [0, 0.05) is 13.6 Å². The second kappa shape index (κ2) is 4.99. The molecule has 0 radical (unpaired) electrons. The lowest BCUT2D eigenvalue weighted by atomic mass is 10.2. The molecule has 0 spiro atoms. The predicted molar refractivity (Wildman–Crippen MR) is 63.4 cm³/mol. The van der Waals surface area contributed by atoms with Crippen molar-refractivity contribution in [2.45, 2.75) is 18.9 Å². The number of aromatic nitrogens is 2. The van der Waals surface area contributed by atoms with Gasteiger partial charge >= 0.3 is 5.97 Å². The molecule has 0 aliphatic carbocycles. The fourth-order valence-corrected chi connectivity index (χ4v) is 2.03. The van der Waals surface area contributed by atoms with Gasteiger partial charge in [-0.1, -0.05) is 0 Å². The molecule has 1 fully saturated rings. The lowest BCUT2D eigenvalue weighted by Crippen LogP contribution is -2.36. The molecule has 1 aromatic heterocycles. The van der Waals surface area contributed by atoms with Gasteiger partial charge in [0.05, 0.1) is 0 Å². The molecule has 1 aromatic rings. The largest absolute Gasteiger partial charge is 0.480 e. The molecule has 7 nitrogen and oxygen atoms in total. The number of anilines is 1. The van der Waals surface area contributed by atoms with E-state index in [1.165, 1.54) is 7.05 Å². The van der Waals surface area contributed by atoms with Gasteiger partial charge in [0.25, 0.3) is 5.91 Å². The third-order valence-electron chi connectivity index (χ3n) is 2.94. The number of carbonyl (C=O) groups is 2. The predicted octanol–water partition coefficient (Wildman–Crippen LogP) is -0.110. The Labute approximate surface area is 104 Å². The summed E-state index contributed by atoms with van der Waals surface area (Å²) < 4.78 is 0. The van der Waals surface area contributed by atoms with Crippen molar-refractivity contribution in [1.82, 2.24) is 15.5 Å². The van der Waals surface area contributed by atoms with Gasteiger partial charge in [0.1, 0.15) is 6.04 Å². The fourth-order valence-electron chi connectivity index (χ4n) is 2.03. The van der Waals surface area contributed by atoms with Crippen molar-refractivity contribution in [3.63, 3.8) is 0 Å². The highest BCUT2D eigenvalue weighted by molar-refractivity contribution is 5.92. The number of hydrogen-bond donors (Lipinski definition) is 2. The summed E-state index contributed by atoms with van der Waals surface area (Å²) in [6.45, 7) is 0.644. The van der Waals surface area contributed by atoms with Crippen molar-refractivity contribution in [1.29, 1.82) is 0 Å². The van der Waals surface area contributed by atoms with E-state index in [0.717, 1.165) is 6.42 Å². The standard InChI is InChI=1S/C11H14N4O3/c1-12-10(16)7-4-5-9(14-13-7)15-6-2-3-8(15)11(17)18/h4-5,8H,2-3,6H2,1H3,(H,12,16)(H,17,18). The van der Waals surface area contributed by atoms with E-state index < -0.39 is 12.0 Å². The van der Waals surface area contributed by atoms with Gasteiger partial charge < -0.3 is 15.3 Å². The van der Waals surface area contributed by atoms with E-state index in [1.807, 2.05) is 0 Å². The summed E-state index contributed by atoms with van der Waals surface area (Å²) in [6, 6.07) is 2.61. The Hall–Kier alpha value is -2.18. The molecule has 2 heterocycles. The number of nitrogens with zero attached hydrogens (tertiary/aromatic N) is 3. The molecule has 1 saturated heterocycles. The molecule has 1 aliphatic heterocycles.